The number of pyridine rings is 1. The van der Waals surface area contributed by atoms with Crippen molar-refractivity contribution in [3.8, 4) is 11.8 Å². The highest BCUT2D eigenvalue weighted by atomic mass is 16.5. The van der Waals surface area contributed by atoms with Crippen molar-refractivity contribution in [2.24, 2.45) is 0 Å². The summed E-state index contributed by atoms with van der Waals surface area (Å²) in [5.74, 6) is 7.97. The van der Waals surface area contributed by atoms with Gasteiger partial charge in [0.05, 0.1) is 11.9 Å². The highest BCUT2D eigenvalue weighted by molar-refractivity contribution is 5.98. The third-order valence-electron chi connectivity index (χ3n) is 8.45. The number of Topliss-reactive ketones (excluding diaryl/α,β-unsaturated/α-hetero) is 1. The minimum atomic E-state index is 0.0854. The molecule has 1 unspecified atom stereocenters. The Morgan fingerprint density at radius 2 is 1.93 bits per heavy atom. The minimum Gasteiger partial charge on any atom is -0.360 e. The van der Waals surface area contributed by atoms with Crippen LogP contribution >= 0.6 is 0 Å². The van der Waals surface area contributed by atoms with Crippen molar-refractivity contribution in [1.82, 2.24) is 24.3 Å². The molecule has 1 N–H and O–H groups in total. The number of nitrogens with one attached hydrogen (secondary N) is 1. The lowest BCUT2D eigenvalue weighted by Crippen LogP contribution is -2.31. The molecule has 0 radical (unpaired) electrons. The van der Waals surface area contributed by atoms with Crippen LogP contribution in [0.2, 0.25) is 0 Å². The number of benzene rings is 2. The number of anilines is 2. The lowest BCUT2D eigenvalue weighted by molar-refractivity contribution is 0.0993. The summed E-state index contributed by atoms with van der Waals surface area (Å²) in [6.45, 7) is 9.19. The Hall–Kier alpha value is -4.71. The summed E-state index contributed by atoms with van der Waals surface area (Å²) >= 11 is 0. The highest BCUT2D eigenvalue weighted by Gasteiger charge is 2.24. The van der Waals surface area contributed by atoms with Gasteiger partial charge in [-0.05, 0) is 87.7 Å². The van der Waals surface area contributed by atoms with E-state index in [4.69, 9.17) is 4.52 Å². The zero-order valence-corrected chi connectivity index (χ0v) is 26.0. The first kappa shape index (κ1) is 29.4. The summed E-state index contributed by atoms with van der Waals surface area (Å²) in [6.07, 6.45) is 5.25. The number of carbonyl (C=O) groups excluding carboxylic acids is 1. The molecule has 0 saturated carbocycles. The number of ketones is 1. The third-order valence-corrected chi connectivity index (χ3v) is 8.45. The van der Waals surface area contributed by atoms with Crippen molar-refractivity contribution in [1.29, 1.82) is 0 Å². The van der Waals surface area contributed by atoms with E-state index in [0.717, 1.165) is 59.1 Å². The molecule has 1 saturated heterocycles. The quantitative estimate of drug-likeness (QED) is 0.178. The second kappa shape index (κ2) is 12.5. The second-order valence-corrected chi connectivity index (χ2v) is 12.0. The number of aryl methyl sites for hydroxylation is 3. The maximum atomic E-state index is 13.4. The first-order chi connectivity index (χ1) is 21.2. The zero-order chi connectivity index (χ0) is 30.8. The third kappa shape index (κ3) is 6.45. The van der Waals surface area contributed by atoms with Crippen LogP contribution in [0.15, 0.2) is 71.5 Å². The Labute approximate surface area is 258 Å². The van der Waals surface area contributed by atoms with Gasteiger partial charge in [-0.2, -0.15) is 0 Å². The normalized spacial score (nSPS) is 15.1. The number of fused-ring (bicyclic) bond motifs is 1. The van der Waals surface area contributed by atoms with E-state index in [1.165, 1.54) is 17.5 Å². The van der Waals surface area contributed by atoms with Gasteiger partial charge in [0.25, 0.3) is 0 Å². The molecule has 2 aromatic carbocycles. The first-order valence-corrected chi connectivity index (χ1v) is 15.0. The summed E-state index contributed by atoms with van der Waals surface area (Å²) in [5.41, 5.74) is 8.40. The Bertz CT molecular complexity index is 1890. The standard InChI is InChI=1S/C36H38N6O2/c1-24-8-10-29(34(43)19-27-9-11-30(25(2)17-27)22-41-16-14-32(23-41)40(4)5)20-28(24)12-13-31-21-37-36-33(7-6-15-42(31)36)38-35-18-26(3)44-39-35/h6-11,15,17-18,20-21,32H,14,16,19,22-23H2,1-5H3,(H,38,39). The van der Waals surface area contributed by atoms with Crippen LogP contribution in [0.4, 0.5) is 11.5 Å². The molecule has 4 heterocycles. The van der Waals surface area contributed by atoms with E-state index in [-0.39, 0.29) is 5.78 Å². The number of rotatable bonds is 8. The molecule has 0 spiro atoms. The average molecular weight is 587 g/mol. The van der Waals surface area contributed by atoms with Gasteiger partial charge in [0.2, 0.25) is 0 Å². The van der Waals surface area contributed by atoms with Gasteiger partial charge in [0.1, 0.15) is 11.5 Å². The lowest BCUT2D eigenvalue weighted by Gasteiger charge is -2.21. The number of hydrogen-bond acceptors (Lipinski definition) is 7. The number of nitrogens with zero attached hydrogens (tertiary/aromatic N) is 5. The summed E-state index contributed by atoms with van der Waals surface area (Å²) in [5, 5.41) is 7.26. The zero-order valence-electron chi connectivity index (χ0n) is 26.0. The number of hydrogen-bond donors (Lipinski definition) is 1. The van der Waals surface area contributed by atoms with E-state index in [0.29, 0.717) is 23.8 Å². The van der Waals surface area contributed by atoms with Gasteiger partial charge >= 0.3 is 0 Å². The monoisotopic (exact) mass is 586 g/mol. The second-order valence-electron chi connectivity index (χ2n) is 12.0. The molecular formula is C36H38N6O2. The number of likely N-dealkylation sites (N-methyl/N-ethyl adjacent to an activating group) is 1. The number of carbonyl (C=O) groups is 1. The number of imidazole rings is 1. The smallest absolute Gasteiger partial charge is 0.174 e. The van der Waals surface area contributed by atoms with Crippen molar-refractivity contribution in [2.75, 3.05) is 32.5 Å². The SMILES string of the molecule is Cc1cc(Nc2cccn3c(C#Cc4cc(C(=O)Cc5ccc(CN6CCC(N(C)C)C6)c(C)c5)ccc4C)cnc23)no1. The predicted molar refractivity (Wildman–Crippen MR) is 173 cm³/mol. The number of likely N-dealkylation sites (tertiary alicyclic amines) is 1. The van der Waals surface area contributed by atoms with E-state index < -0.39 is 0 Å². The molecule has 6 rings (SSSR count). The summed E-state index contributed by atoms with van der Waals surface area (Å²) in [6, 6.07) is 18.6. The largest absolute Gasteiger partial charge is 0.360 e. The topological polar surface area (TPSA) is 78.9 Å². The van der Waals surface area contributed by atoms with Crippen molar-refractivity contribution in [2.45, 2.75) is 46.2 Å². The highest BCUT2D eigenvalue weighted by Crippen LogP contribution is 2.23. The first-order valence-electron chi connectivity index (χ1n) is 15.0. The fourth-order valence-electron chi connectivity index (χ4n) is 5.78. The van der Waals surface area contributed by atoms with Crippen molar-refractivity contribution >= 4 is 22.9 Å². The average Bonchev–Trinajstić information content (AvgIpc) is 3.75. The summed E-state index contributed by atoms with van der Waals surface area (Å²) in [4.78, 5) is 22.8. The van der Waals surface area contributed by atoms with Crippen LogP contribution < -0.4 is 5.32 Å². The van der Waals surface area contributed by atoms with Gasteiger partial charge in [-0.25, -0.2) is 4.98 Å². The Morgan fingerprint density at radius 3 is 2.68 bits per heavy atom. The van der Waals surface area contributed by atoms with Gasteiger partial charge in [0.15, 0.2) is 17.2 Å². The van der Waals surface area contributed by atoms with Crippen molar-refractivity contribution in [3.05, 3.63) is 112 Å². The molecule has 0 aliphatic carbocycles. The molecule has 44 heavy (non-hydrogen) atoms. The van der Waals surface area contributed by atoms with Gasteiger partial charge < -0.3 is 14.7 Å². The Balaban J connectivity index is 1.15. The van der Waals surface area contributed by atoms with Crippen LogP contribution in [0.1, 0.15) is 56.1 Å². The minimum absolute atomic E-state index is 0.0854. The molecule has 1 aliphatic heterocycles. The maximum absolute atomic E-state index is 13.4. The molecule has 1 fully saturated rings. The molecule has 8 heteroatoms. The Morgan fingerprint density at radius 1 is 1.07 bits per heavy atom. The fourth-order valence-corrected chi connectivity index (χ4v) is 5.78. The molecule has 5 aromatic rings. The van der Waals surface area contributed by atoms with E-state index in [1.807, 2.05) is 60.8 Å². The molecule has 0 amide bonds. The molecule has 224 valence electrons. The maximum Gasteiger partial charge on any atom is 0.174 e. The van der Waals surface area contributed by atoms with Crippen LogP contribution in [-0.4, -0.2) is 63.4 Å². The predicted octanol–water partition coefficient (Wildman–Crippen LogP) is 5.95. The number of aromatic nitrogens is 3. The van der Waals surface area contributed by atoms with E-state index in [1.54, 1.807) is 6.20 Å². The van der Waals surface area contributed by atoms with Crippen molar-refractivity contribution in [3.63, 3.8) is 0 Å². The van der Waals surface area contributed by atoms with Gasteiger partial charge in [-0.1, -0.05) is 41.4 Å². The van der Waals surface area contributed by atoms with Gasteiger partial charge in [0, 0.05) is 55.5 Å². The summed E-state index contributed by atoms with van der Waals surface area (Å²) < 4.78 is 7.10. The van der Waals surface area contributed by atoms with Crippen LogP contribution in [0.25, 0.3) is 5.65 Å². The molecule has 3 aromatic heterocycles. The fraction of sp³-hybridized carbons (Fsp3) is 0.306. The van der Waals surface area contributed by atoms with Crippen molar-refractivity contribution < 1.29 is 9.32 Å². The van der Waals surface area contributed by atoms with E-state index in [2.05, 4.69) is 76.3 Å². The van der Waals surface area contributed by atoms with Crippen LogP contribution in [0, 0.1) is 32.6 Å². The van der Waals surface area contributed by atoms with Crippen LogP contribution in [0.5, 0.6) is 0 Å². The lowest BCUT2D eigenvalue weighted by atomic mass is 9.97. The van der Waals surface area contributed by atoms with Crippen LogP contribution in [-0.2, 0) is 13.0 Å². The van der Waals surface area contributed by atoms with E-state index in [9.17, 15) is 4.79 Å². The molecular weight excluding hydrogens is 548 g/mol. The van der Waals surface area contributed by atoms with Gasteiger partial charge in [-0.3, -0.25) is 14.1 Å². The van der Waals surface area contributed by atoms with E-state index >= 15 is 0 Å². The van der Waals surface area contributed by atoms with Gasteiger partial charge in [-0.15, -0.1) is 0 Å². The van der Waals surface area contributed by atoms with Crippen LogP contribution in [0.3, 0.4) is 0 Å². The molecule has 1 atom stereocenters. The Kier molecular flexibility index (Phi) is 8.34. The molecule has 0 bridgehead atoms. The summed E-state index contributed by atoms with van der Waals surface area (Å²) in [7, 11) is 4.32. The molecule has 1 aliphatic rings. The molecule has 8 nitrogen and oxygen atoms in total.